The number of hydrogen-bond donors (Lipinski definition) is 5. The van der Waals surface area contributed by atoms with Crippen LogP contribution in [0.3, 0.4) is 0 Å². The summed E-state index contributed by atoms with van der Waals surface area (Å²) >= 11 is 0. The zero-order valence-corrected chi connectivity index (χ0v) is 11.2. The SMILES string of the molecule is NC1C=CN([C@@H]2O[C@H](OCP(=O)(O)O)CC2O)C(=O)N1. The molecule has 0 spiro atoms. The summed E-state index contributed by atoms with van der Waals surface area (Å²) in [5.41, 5.74) is 5.48. The molecule has 2 amide bonds. The summed E-state index contributed by atoms with van der Waals surface area (Å²) in [6.45, 7) is 0. The molecule has 0 aromatic carbocycles. The van der Waals surface area contributed by atoms with Crippen molar-refractivity contribution in [3.63, 3.8) is 0 Å². The molecular formula is C9H16N3O7P. The van der Waals surface area contributed by atoms with Gasteiger partial charge in [-0.15, -0.1) is 0 Å². The summed E-state index contributed by atoms with van der Waals surface area (Å²) in [5.74, 6) is 0. The second kappa shape index (κ2) is 5.78. The first-order valence-electron chi connectivity index (χ1n) is 5.79. The molecular weight excluding hydrogens is 293 g/mol. The molecule has 6 N–H and O–H groups in total. The summed E-state index contributed by atoms with van der Waals surface area (Å²) in [5, 5.41) is 12.3. The minimum absolute atomic E-state index is 0.00561. The molecule has 114 valence electrons. The minimum atomic E-state index is -4.32. The summed E-state index contributed by atoms with van der Waals surface area (Å²) in [7, 11) is -4.32. The molecule has 2 rings (SSSR count). The molecule has 4 atom stereocenters. The molecule has 10 nitrogen and oxygen atoms in total. The van der Waals surface area contributed by atoms with Gasteiger partial charge in [-0.05, 0) is 6.08 Å². The summed E-state index contributed by atoms with van der Waals surface area (Å²) < 4.78 is 20.8. The van der Waals surface area contributed by atoms with Gasteiger partial charge in [0.25, 0.3) is 0 Å². The van der Waals surface area contributed by atoms with Gasteiger partial charge in [0.2, 0.25) is 0 Å². The van der Waals surface area contributed by atoms with Crippen LogP contribution < -0.4 is 11.1 Å². The van der Waals surface area contributed by atoms with Crippen LogP contribution in [0.2, 0.25) is 0 Å². The first-order valence-corrected chi connectivity index (χ1v) is 7.58. The van der Waals surface area contributed by atoms with Crippen molar-refractivity contribution in [3.05, 3.63) is 12.3 Å². The Labute approximate surface area is 114 Å². The summed E-state index contributed by atoms with van der Waals surface area (Å²) in [6.07, 6.45) is -1.59. The number of rotatable bonds is 4. The zero-order chi connectivity index (χ0) is 14.9. The number of amides is 2. The van der Waals surface area contributed by atoms with Gasteiger partial charge in [0.1, 0.15) is 6.10 Å². The van der Waals surface area contributed by atoms with Crippen LogP contribution in [0, 0.1) is 0 Å². The first-order chi connectivity index (χ1) is 9.26. The van der Waals surface area contributed by atoms with Gasteiger partial charge in [0, 0.05) is 12.6 Å². The molecule has 2 aliphatic rings. The number of nitrogens with one attached hydrogen (secondary N) is 1. The molecule has 20 heavy (non-hydrogen) atoms. The standard InChI is InChI=1S/C9H16N3O7P/c10-6-1-2-12(9(14)11-6)8-5(13)3-7(19-8)18-4-20(15,16)17/h1-2,5-8,13H,3-4,10H2,(H,11,14)(H2,15,16,17)/t5?,6?,7-,8+/m0/s1. The number of aliphatic hydroxyl groups is 1. The molecule has 11 heteroatoms. The van der Waals surface area contributed by atoms with Gasteiger partial charge in [-0.2, -0.15) is 0 Å². The molecule has 0 radical (unpaired) electrons. The maximum atomic E-state index is 11.7. The Morgan fingerprint density at radius 2 is 2.30 bits per heavy atom. The van der Waals surface area contributed by atoms with E-state index in [-0.39, 0.29) is 6.42 Å². The maximum absolute atomic E-state index is 11.7. The number of urea groups is 1. The fourth-order valence-corrected chi connectivity index (χ4v) is 2.23. The Morgan fingerprint density at radius 1 is 1.60 bits per heavy atom. The van der Waals surface area contributed by atoms with Crippen LogP contribution in [0.5, 0.6) is 0 Å². The van der Waals surface area contributed by atoms with E-state index in [1.165, 1.54) is 12.3 Å². The lowest BCUT2D eigenvalue weighted by atomic mass is 10.2. The maximum Gasteiger partial charge on any atom is 0.351 e. The largest absolute Gasteiger partial charge is 0.388 e. The van der Waals surface area contributed by atoms with Gasteiger partial charge in [-0.1, -0.05) is 0 Å². The highest BCUT2D eigenvalue weighted by atomic mass is 31.2. The Hall–Kier alpha value is -1.00. The second-order valence-electron chi connectivity index (χ2n) is 4.44. The van der Waals surface area contributed by atoms with Crippen LogP contribution in [0.1, 0.15) is 6.42 Å². The van der Waals surface area contributed by atoms with E-state index in [1.807, 2.05) is 0 Å². The van der Waals surface area contributed by atoms with Crippen molar-refractivity contribution >= 4 is 13.6 Å². The summed E-state index contributed by atoms with van der Waals surface area (Å²) in [4.78, 5) is 30.2. The Kier molecular flexibility index (Phi) is 4.45. The third-order valence-electron chi connectivity index (χ3n) is 2.74. The van der Waals surface area contributed by atoms with Crippen LogP contribution in [0.25, 0.3) is 0 Å². The molecule has 0 saturated carbocycles. The minimum Gasteiger partial charge on any atom is -0.388 e. The van der Waals surface area contributed by atoms with Crippen molar-refractivity contribution in [1.82, 2.24) is 10.2 Å². The van der Waals surface area contributed by atoms with E-state index in [2.05, 4.69) is 5.32 Å². The molecule has 1 fully saturated rings. The van der Waals surface area contributed by atoms with Gasteiger partial charge in [-0.25, -0.2) is 4.79 Å². The van der Waals surface area contributed by atoms with Crippen molar-refractivity contribution in [2.75, 3.05) is 6.35 Å². The van der Waals surface area contributed by atoms with E-state index < -0.39 is 44.8 Å². The molecule has 2 unspecified atom stereocenters. The topological polar surface area (TPSA) is 155 Å². The van der Waals surface area contributed by atoms with Crippen LogP contribution >= 0.6 is 7.60 Å². The smallest absolute Gasteiger partial charge is 0.351 e. The highest BCUT2D eigenvalue weighted by molar-refractivity contribution is 7.51. The summed E-state index contributed by atoms with van der Waals surface area (Å²) in [6, 6.07) is -0.542. The van der Waals surface area contributed by atoms with E-state index in [4.69, 9.17) is 25.0 Å². The Morgan fingerprint density at radius 3 is 2.90 bits per heavy atom. The zero-order valence-electron chi connectivity index (χ0n) is 10.3. The first kappa shape index (κ1) is 15.4. The van der Waals surface area contributed by atoms with Crippen molar-refractivity contribution in [3.8, 4) is 0 Å². The van der Waals surface area contributed by atoms with E-state index >= 15 is 0 Å². The van der Waals surface area contributed by atoms with Gasteiger partial charge in [0.15, 0.2) is 18.9 Å². The van der Waals surface area contributed by atoms with Crippen LogP contribution in [-0.4, -0.2) is 57.0 Å². The fraction of sp³-hybridized carbons (Fsp3) is 0.667. The lowest BCUT2D eigenvalue weighted by Gasteiger charge is -2.31. The second-order valence-corrected chi connectivity index (χ2v) is 6.03. The van der Waals surface area contributed by atoms with Gasteiger partial charge < -0.3 is 35.4 Å². The van der Waals surface area contributed by atoms with E-state index in [1.54, 1.807) is 0 Å². The molecule has 0 aromatic rings. The molecule has 0 aliphatic carbocycles. The van der Waals surface area contributed by atoms with Crippen LogP contribution in [0.4, 0.5) is 4.79 Å². The Balaban J connectivity index is 1.95. The number of nitrogens with two attached hydrogens (primary N) is 1. The third kappa shape index (κ3) is 3.76. The predicted molar refractivity (Wildman–Crippen MR) is 64.8 cm³/mol. The van der Waals surface area contributed by atoms with Crippen LogP contribution in [-0.2, 0) is 14.0 Å². The van der Waals surface area contributed by atoms with Crippen molar-refractivity contribution < 1.29 is 33.7 Å². The van der Waals surface area contributed by atoms with Gasteiger partial charge >= 0.3 is 13.6 Å². The average molecular weight is 309 g/mol. The van der Waals surface area contributed by atoms with E-state index in [9.17, 15) is 14.5 Å². The number of hydrogen-bond acceptors (Lipinski definition) is 6. The normalized spacial score (nSPS) is 34.4. The predicted octanol–water partition coefficient (Wildman–Crippen LogP) is -1.60. The number of carbonyl (C=O) groups excluding carboxylic acids is 1. The van der Waals surface area contributed by atoms with Crippen molar-refractivity contribution in [1.29, 1.82) is 0 Å². The molecule has 2 aliphatic heterocycles. The van der Waals surface area contributed by atoms with Gasteiger partial charge in [0.05, 0.1) is 6.17 Å². The number of aliphatic hydroxyl groups excluding tert-OH is 1. The molecule has 0 aromatic heterocycles. The quantitative estimate of drug-likeness (QED) is 0.389. The van der Waals surface area contributed by atoms with E-state index in [0.29, 0.717) is 0 Å². The van der Waals surface area contributed by atoms with E-state index in [0.717, 1.165) is 4.90 Å². The molecule has 0 bridgehead atoms. The lowest BCUT2D eigenvalue weighted by Crippen LogP contribution is -2.54. The molecule has 2 heterocycles. The molecule has 1 saturated heterocycles. The highest BCUT2D eigenvalue weighted by Gasteiger charge is 2.41. The number of nitrogens with zero attached hydrogens (tertiary/aromatic N) is 1. The average Bonchev–Trinajstić information content (AvgIpc) is 2.67. The van der Waals surface area contributed by atoms with Crippen molar-refractivity contribution in [2.45, 2.75) is 31.2 Å². The van der Waals surface area contributed by atoms with Gasteiger partial charge in [-0.3, -0.25) is 9.46 Å². The van der Waals surface area contributed by atoms with Crippen molar-refractivity contribution in [2.24, 2.45) is 5.73 Å². The van der Waals surface area contributed by atoms with Crippen LogP contribution in [0.15, 0.2) is 12.3 Å². The highest BCUT2D eigenvalue weighted by Crippen LogP contribution is 2.36. The lowest BCUT2D eigenvalue weighted by molar-refractivity contribution is -0.150. The number of carbonyl (C=O) groups is 1. The Bertz CT molecular complexity index is 453. The third-order valence-corrected chi connectivity index (χ3v) is 3.22. The number of ether oxygens (including phenoxy) is 2. The monoisotopic (exact) mass is 309 g/mol. The fourth-order valence-electron chi connectivity index (χ4n) is 1.87.